The van der Waals surface area contributed by atoms with Gasteiger partial charge in [-0.15, -0.1) is 11.8 Å². The number of ether oxygens (including phenoxy) is 1. The molecule has 2 aromatic heterocycles. The minimum absolute atomic E-state index is 0.385. The van der Waals surface area contributed by atoms with E-state index in [1.165, 1.54) is 0 Å². The standard InChI is InChI=1S/C9H14N6OS/c1-16-3-2-4-17-8-6-5-11-15-7(6)12-9(13-8)14-10/h5H,2-4,10H2,1H3,(H2,11,12,13,14,15). The fraction of sp³-hybridized carbons (Fsp3) is 0.444. The third-order valence-electron chi connectivity index (χ3n) is 2.14. The SMILES string of the molecule is COCCCSc1nc(NN)nc2[nH]ncc12. The lowest BCUT2D eigenvalue weighted by Gasteiger charge is -2.04. The van der Waals surface area contributed by atoms with Gasteiger partial charge < -0.3 is 4.74 Å². The van der Waals surface area contributed by atoms with Crippen LogP contribution in [0, 0.1) is 0 Å². The van der Waals surface area contributed by atoms with Gasteiger partial charge in [0.15, 0.2) is 5.65 Å². The first-order valence-corrected chi connectivity index (χ1v) is 6.13. The number of hydrogen-bond acceptors (Lipinski definition) is 7. The molecule has 0 aromatic carbocycles. The maximum Gasteiger partial charge on any atom is 0.240 e. The van der Waals surface area contributed by atoms with E-state index < -0.39 is 0 Å². The fourth-order valence-corrected chi connectivity index (χ4v) is 2.27. The molecule has 2 heterocycles. The molecule has 4 N–H and O–H groups in total. The second-order valence-corrected chi connectivity index (χ2v) is 4.41. The number of hydrazine groups is 1. The van der Waals surface area contributed by atoms with Crippen LogP contribution in [0.4, 0.5) is 5.95 Å². The quantitative estimate of drug-likeness (QED) is 0.230. The molecule has 8 heteroatoms. The molecule has 0 aliphatic heterocycles. The molecule has 0 radical (unpaired) electrons. The number of thioether (sulfide) groups is 1. The largest absolute Gasteiger partial charge is 0.385 e. The summed E-state index contributed by atoms with van der Waals surface area (Å²) in [7, 11) is 1.69. The third kappa shape index (κ3) is 2.84. The molecule has 0 bridgehead atoms. The minimum atomic E-state index is 0.385. The van der Waals surface area contributed by atoms with Gasteiger partial charge in [-0.2, -0.15) is 10.1 Å². The van der Waals surface area contributed by atoms with Crippen molar-refractivity contribution in [2.45, 2.75) is 11.4 Å². The zero-order valence-electron chi connectivity index (χ0n) is 9.43. The number of methoxy groups -OCH3 is 1. The van der Waals surface area contributed by atoms with Gasteiger partial charge in [-0.3, -0.25) is 10.5 Å². The van der Waals surface area contributed by atoms with Crippen LogP contribution in [-0.4, -0.2) is 39.6 Å². The van der Waals surface area contributed by atoms with Crippen molar-refractivity contribution in [2.24, 2.45) is 5.84 Å². The Morgan fingerprint density at radius 1 is 1.53 bits per heavy atom. The van der Waals surface area contributed by atoms with E-state index in [1.807, 2.05) is 0 Å². The summed E-state index contributed by atoms with van der Waals surface area (Å²) in [5.74, 6) is 6.63. The van der Waals surface area contributed by atoms with Gasteiger partial charge in [0.25, 0.3) is 0 Å². The summed E-state index contributed by atoms with van der Waals surface area (Å²) >= 11 is 1.64. The molecule has 0 spiro atoms. The smallest absolute Gasteiger partial charge is 0.240 e. The van der Waals surface area contributed by atoms with E-state index in [-0.39, 0.29) is 0 Å². The van der Waals surface area contributed by atoms with Crippen molar-refractivity contribution in [3.05, 3.63) is 6.20 Å². The number of anilines is 1. The van der Waals surface area contributed by atoms with E-state index in [9.17, 15) is 0 Å². The van der Waals surface area contributed by atoms with Crippen LogP contribution in [0.25, 0.3) is 11.0 Å². The zero-order valence-corrected chi connectivity index (χ0v) is 10.3. The molecule has 0 saturated carbocycles. The summed E-state index contributed by atoms with van der Waals surface area (Å²) in [5.41, 5.74) is 3.13. The van der Waals surface area contributed by atoms with Crippen molar-refractivity contribution in [2.75, 3.05) is 24.9 Å². The zero-order chi connectivity index (χ0) is 12.1. The van der Waals surface area contributed by atoms with E-state index in [0.717, 1.165) is 29.2 Å². The average molecular weight is 254 g/mol. The molecule has 2 aromatic rings. The first kappa shape index (κ1) is 12.1. The van der Waals surface area contributed by atoms with Crippen molar-refractivity contribution < 1.29 is 4.74 Å². The van der Waals surface area contributed by atoms with Crippen molar-refractivity contribution in [3.8, 4) is 0 Å². The Balaban J connectivity index is 2.16. The number of hydrogen-bond donors (Lipinski definition) is 3. The Kier molecular flexibility index (Phi) is 4.13. The summed E-state index contributed by atoms with van der Waals surface area (Å²) in [5, 5.41) is 8.53. The van der Waals surface area contributed by atoms with Gasteiger partial charge in [0.2, 0.25) is 5.95 Å². The van der Waals surface area contributed by atoms with Crippen molar-refractivity contribution in [1.82, 2.24) is 20.2 Å². The Morgan fingerprint density at radius 3 is 3.18 bits per heavy atom. The lowest BCUT2D eigenvalue weighted by Crippen LogP contribution is -2.10. The maximum absolute atomic E-state index is 5.32. The summed E-state index contributed by atoms with van der Waals surface area (Å²) < 4.78 is 5.00. The predicted molar refractivity (Wildman–Crippen MR) is 66.7 cm³/mol. The van der Waals surface area contributed by atoms with Gasteiger partial charge in [-0.1, -0.05) is 0 Å². The molecule has 0 saturated heterocycles. The van der Waals surface area contributed by atoms with E-state index in [2.05, 4.69) is 25.6 Å². The van der Waals surface area contributed by atoms with Crippen LogP contribution >= 0.6 is 11.8 Å². The Labute approximate surface area is 103 Å². The van der Waals surface area contributed by atoms with Gasteiger partial charge in [0.05, 0.1) is 11.6 Å². The molecule has 17 heavy (non-hydrogen) atoms. The molecule has 0 aliphatic carbocycles. The number of nitrogens with two attached hydrogens (primary N) is 1. The minimum Gasteiger partial charge on any atom is -0.385 e. The van der Waals surface area contributed by atoms with Crippen LogP contribution in [0.5, 0.6) is 0 Å². The highest BCUT2D eigenvalue weighted by atomic mass is 32.2. The predicted octanol–water partition coefficient (Wildman–Crippen LogP) is 0.767. The number of aromatic amines is 1. The number of nitrogens with zero attached hydrogens (tertiary/aromatic N) is 3. The highest BCUT2D eigenvalue weighted by molar-refractivity contribution is 7.99. The Bertz CT molecular complexity index is 487. The Morgan fingerprint density at radius 2 is 2.41 bits per heavy atom. The van der Waals surface area contributed by atoms with Gasteiger partial charge in [-0.25, -0.2) is 10.8 Å². The van der Waals surface area contributed by atoms with E-state index in [0.29, 0.717) is 11.6 Å². The second-order valence-electron chi connectivity index (χ2n) is 3.32. The number of fused-ring (bicyclic) bond motifs is 1. The lowest BCUT2D eigenvalue weighted by molar-refractivity contribution is 0.200. The molecule has 7 nitrogen and oxygen atoms in total. The molecule has 0 atom stereocenters. The molecule has 92 valence electrons. The number of rotatable bonds is 6. The van der Waals surface area contributed by atoms with Crippen molar-refractivity contribution >= 4 is 28.7 Å². The summed E-state index contributed by atoms with van der Waals surface area (Å²) in [4.78, 5) is 8.46. The average Bonchev–Trinajstić information content (AvgIpc) is 2.82. The molecular formula is C9H14N6OS. The highest BCUT2D eigenvalue weighted by Gasteiger charge is 2.09. The van der Waals surface area contributed by atoms with Crippen LogP contribution in [0.1, 0.15) is 6.42 Å². The van der Waals surface area contributed by atoms with Crippen LogP contribution < -0.4 is 11.3 Å². The van der Waals surface area contributed by atoms with Crippen LogP contribution in [0.2, 0.25) is 0 Å². The number of nitrogen functional groups attached to an aromatic ring is 1. The van der Waals surface area contributed by atoms with Gasteiger partial charge >= 0.3 is 0 Å². The Hall–Kier alpha value is -1.38. The summed E-state index contributed by atoms with van der Waals surface area (Å²) in [6.45, 7) is 0.745. The normalized spacial score (nSPS) is 10.9. The van der Waals surface area contributed by atoms with E-state index >= 15 is 0 Å². The van der Waals surface area contributed by atoms with E-state index in [4.69, 9.17) is 10.6 Å². The highest BCUT2D eigenvalue weighted by Crippen LogP contribution is 2.25. The van der Waals surface area contributed by atoms with Crippen molar-refractivity contribution in [3.63, 3.8) is 0 Å². The molecular weight excluding hydrogens is 240 g/mol. The third-order valence-corrected chi connectivity index (χ3v) is 3.21. The molecule has 2 rings (SSSR count). The fourth-order valence-electron chi connectivity index (χ4n) is 1.36. The summed E-state index contributed by atoms with van der Waals surface area (Å²) in [6, 6.07) is 0. The van der Waals surface area contributed by atoms with Crippen LogP contribution in [-0.2, 0) is 4.74 Å². The first-order valence-electron chi connectivity index (χ1n) is 5.14. The topological polar surface area (TPSA) is 102 Å². The van der Waals surface area contributed by atoms with Gasteiger partial charge in [0, 0.05) is 19.5 Å². The van der Waals surface area contributed by atoms with Gasteiger partial charge in [0.1, 0.15) is 5.03 Å². The first-order chi connectivity index (χ1) is 8.35. The number of H-pyrrole nitrogens is 1. The molecule has 0 amide bonds. The number of aromatic nitrogens is 4. The molecule has 0 aliphatic rings. The van der Waals surface area contributed by atoms with Crippen LogP contribution in [0.15, 0.2) is 11.2 Å². The second kappa shape index (κ2) is 5.80. The molecule has 0 unspecified atom stereocenters. The van der Waals surface area contributed by atoms with E-state index in [1.54, 1.807) is 25.1 Å². The van der Waals surface area contributed by atoms with Crippen LogP contribution in [0.3, 0.4) is 0 Å². The monoisotopic (exact) mass is 254 g/mol. The maximum atomic E-state index is 5.32. The lowest BCUT2D eigenvalue weighted by atomic mass is 10.4. The van der Waals surface area contributed by atoms with Gasteiger partial charge in [-0.05, 0) is 6.42 Å². The number of nitrogens with one attached hydrogen (secondary N) is 2. The summed E-state index contributed by atoms with van der Waals surface area (Å²) in [6.07, 6.45) is 2.68. The van der Waals surface area contributed by atoms with Crippen molar-refractivity contribution in [1.29, 1.82) is 0 Å². The molecule has 0 fully saturated rings.